The molecule has 2 aliphatic rings. The molecule has 1 unspecified atom stereocenters. The van der Waals surface area contributed by atoms with Crippen LogP contribution in [0.1, 0.15) is 35.8 Å². The lowest BCUT2D eigenvalue weighted by atomic mass is 9.92. The number of nitrogens with zero attached hydrogens (tertiary/aromatic N) is 5. The fraction of sp³-hybridized carbons (Fsp3) is 0.346. The van der Waals surface area contributed by atoms with Gasteiger partial charge < -0.3 is 24.2 Å². The average molecular weight is 458 g/mol. The number of nitriles is 1. The Morgan fingerprint density at radius 2 is 1.91 bits per heavy atom. The molecule has 34 heavy (non-hydrogen) atoms. The Labute approximate surface area is 198 Å². The van der Waals surface area contributed by atoms with Crippen molar-refractivity contribution < 1.29 is 14.4 Å². The Morgan fingerprint density at radius 1 is 1.15 bits per heavy atom. The molecule has 8 nitrogen and oxygen atoms in total. The molecule has 174 valence electrons. The number of fused-ring (bicyclic) bond motifs is 1. The van der Waals surface area contributed by atoms with Gasteiger partial charge in [0, 0.05) is 42.9 Å². The van der Waals surface area contributed by atoms with Crippen LogP contribution < -0.4 is 9.64 Å². The zero-order valence-electron chi connectivity index (χ0n) is 19.5. The van der Waals surface area contributed by atoms with Crippen molar-refractivity contribution in [1.29, 1.82) is 5.26 Å². The quantitative estimate of drug-likeness (QED) is 0.629. The van der Waals surface area contributed by atoms with Crippen molar-refractivity contribution in [3.63, 3.8) is 0 Å². The van der Waals surface area contributed by atoms with Crippen molar-refractivity contribution in [2.75, 3.05) is 32.1 Å². The molecule has 5 rings (SSSR count). The molecule has 0 saturated carbocycles. The van der Waals surface area contributed by atoms with Gasteiger partial charge in [0.05, 0.1) is 12.8 Å². The van der Waals surface area contributed by atoms with E-state index in [4.69, 9.17) is 14.2 Å². The molecule has 1 saturated heterocycles. The summed E-state index contributed by atoms with van der Waals surface area (Å²) in [5, 5.41) is 25.0. The summed E-state index contributed by atoms with van der Waals surface area (Å²) in [5.74, 6) is 2.12. The van der Waals surface area contributed by atoms with Crippen LogP contribution in [-0.2, 0) is 0 Å². The van der Waals surface area contributed by atoms with Crippen molar-refractivity contribution in [1.82, 2.24) is 15.0 Å². The molecule has 0 spiro atoms. The molecule has 1 atom stereocenters. The third-order valence-electron chi connectivity index (χ3n) is 6.83. The van der Waals surface area contributed by atoms with Gasteiger partial charge in [-0.1, -0.05) is 29.4 Å². The number of aryl methyl sites for hydroxylation is 1. The first-order valence-electron chi connectivity index (χ1n) is 11.4. The molecule has 3 heterocycles. The van der Waals surface area contributed by atoms with Crippen LogP contribution in [0.15, 0.2) is 52.6 Å². The van der Waals surface area contributed by atoms with Gasteiger partial charge >= 0.3 is 0 Å². The van der Waals surface area contributed by atoms with Gasteiger partial charge in [-0.25, -0.2) is 0 Å². The number of aromatic nitrogens is 2. The van der Waals surface area contributed by atoms with E-state index in [1.165, 1.54) is 0 Å². The van der Waals surface area contributed by atoms with Gasteiger partial charge in [0.1, 0.15) is 17.4 Å². The topological polar surface area (TPSA) is 98.7 Å². The van der Waals surface area contributed by atoms with E-state index in [9.17, 15) is 10.4 Å². The number of anilines is 1. The summed E-state index contributed by atoms with van der Waals surface area (Å²) in [7, 11) is 3.41. The number of hydrogen-bond acceptors (Lipinski definition) is 8. The lowest BCUT2D eigenvalue weighted by Gasteiger charge is -2.40. The second kappa shape index (κ2) is 8.84. The number of aliphatic hydroxyl groups excluding tert-OH is 1. The first kappa shape index (κ1) is 22.0. The number of piperidine rings is 1. The van der Waals surface area contributed by atoms with Crippen LogP contribution in [0.5, 0.6) is 5.75 Å². The molecule has 0 radical (unpaired) electrons. The van der Waals surface area contributed by atoms with Crippen LogP contribution in [0, 0.1) is 18.3 Å². The van der Waals surface area contributed by atoms with E-state index in [0.29, 0.717) is 36.1 Å². The second-order valence-electron chi connectivity index (χ2n) is 8.77. The van der Waals surface area contributed by atoms with E-state index in [1.807, 2.05) is 49.4 Å². The second-order valence-corrected chi connectivity index (χ2v) is 8.77. The number of hydrogen-bond donors (Lipinski definition) is 1. The summed E-state index contributed by atoms with van der Waals surface area (Å²) in [5.41, 5.74) is 4.96. The number of methoxy groups -OCH3 is 1. The molecule has 2 aromatic carbocycles. The zero-order chi connectivity index (χ0) is 23.8. The van der Waals surface area contributed by atoms with Crippen LogP contribution in [0.4, 0.5) is 5.69 Å². The van der Waals surface area contributed by atoms with Crippen LogP contribution in [0.25, 0.3) is 17.1 Å². The molecule has 1 fully saturated rings. The SMILES string of the molecule is COc1ccc2c(c1)C(N1CCC(c3nc(-c4ccccc4C)no3)CC1)=C(C#N)C(O)N2C. The number of benzene rings is 2. The highest BCUT2D eigenvalue weighted by atomic mass is 16.5. The lowest BCUT2D eigenvalue weighted by Crippen LogP contribution is -2.41. The van der Waals surface area contributed by atoms with Crippen molar-refractivity contribution in [2.45, 2.75) is 31.9 Å². The van der Waals surface area contributed by atoms with E-state index in [0.717, 1.165) is 40.9 Å². The van der Waals surface area contributed by atoms with Crippen molar-refractivity contribution in [2.24, 2.45) is 0 Å². The zero-order valence-corrected chi connectivity index (χ0v) is 19.5. The number of rotatable bonds is 4. The lowest BCUT2D eigenvalue weighted by molar-refractivity contribution is 0.207. The van der Waals surface area contributed by atoms with E-state index >= 15 is 0 Å². The maximum absolute atomic E-state index is 10.8. The Morgan fingerprint density at radius 3 is 2.62 bits per heavy atom. The Bertz CT molecular complexity index is 1280. The minimum absolute atomic E-state index is 0.147. The molecule has 8 heteroatoms. The smallest absolute Gasteiger partial charge is 0.230 e. The average Bonchev–Trinajstić information content (AvgIpc) is 3.36. The fourth-order valence-electron chi connectivity index (χ4n) is 4.87. The molecule has 0 amide bonds. The van der Waals surface area contributed by atoms with Gasteiger partial charge in [0.2, 0.25) is 11.7 Å². The van der Waals surface area contributed by atoms with Crippen molar-refractivity contribution in [3.8, 4) is 23.2 Å². The minimum Gasteiger partial charge on any atom is -0.497 e. The highest BCUT2D eigenvalue weighted by Crippen LogP contribution is 2.42. The highest BCUT2D eigenvalue weighted by Gasteiger charge is 2.35. The van der Waals surface area contributed by atoms with Gasteiger partial charge in [-0.15, -0.1) is 0 Å². The maximum Gasteiger partial charge on any atom is 0.230 e. The molecule has 0 aliphatic carbocycles. The normalized spacial score (nSPS) is 18.6. The van der Waals surface area contributed by atoms with Gasteiger partial charge in [-0.3, -0.25) is 0 Å². The number of aliphatic hydroxyl groups is 1. The number of ether oxygens (including phenoxy) is 1. The standard InChI is InChI=1S/C26H27N5O3/c1-16-6-4-5-7-19(16)24-28-25(34-29-24)17-10-12-31(13-11-17)23-20-14-18(33-3)8-9-22(20)30(2)26(32)21(23)15-27/h4-9,14,17,26,32H,10-13H2,1-3H3. The Kier molecular flexibility index (Phi) is 5.72. The molecule has 1 N–H and O–H groups in total. The number of likely N-dealkylation sites (N-methyl/N-ethyl adjacent to an activating group) is 1. The largest absolute Gasteiger partial charge is 0.497 e. The summed E-state index contributed by atoms with van der Waals surface area (Å²) in [6, 6.07) is 16.0. The van der Waals surface area contributed by atoms with Crippen LogP contribution in [0.3, 0.4) is 0 Å². The van der Waals surface area contributed by atoms with E-state index in [-0.39, 0.29) is 5.92 Å². The molecule has 2 aliphatic heterocycles. The van der Waals surface area contributed by atoms with Gasteiger partial charge in [-0.2, -0.15) is 10.2 Å². The maximum atomic E-state index is 10.8. The van der Waals surface area contributed by atoms with Crippen molar-refractivity contribution in [3.05, 3.63) is 65.1 Å². The monoisotopic (exact) mass is 457 g/mol. The van der Waals surface area contributed by atoms with Crippen molar-refractivity contribution >= 4 is 11.4 Å². The predicted octanol–water partition coefficient (Wildman–Crippen LogP) is 3.94. The fourth-order valence-corrected chi connectivity index (χ4v) is 4.87. The summed E-state index contributed by atoms with van der Waals surface area (Å²) in [4.78, 5) is 8.59. The third-order valence-corrected chi connectivity index (χ3v) is 6.83. The summed E-state index contributed by atoms with van der Waals surface area (Å²) in [6.07, 6.45) is 0.623. The van der Waals surface area contributed by atoms with Crippen LogP contribution in [-0.4, -0.2) is 53.6 Å². The molecule has 1 aromatic heterocycles. The van der Waals surface area contributed by atoms with E-state index in [2.05, 4.69) is 16.1 Å². The molecule has 3 aromatic rings. The molecular formula is C26H27N5O3. The summed E-state index contributed by atoms with van der Waals surface area (Å²) < 4.78 is 11.1. The van der Waals surface area contributed by atoms with Crippen LogP contribution in [0.2, 0.25) is 0 Å². The van der Waals surface area contributed by atoms with Gasteiger partial charge in [0.15, 0.2) is 6.23 Å². The first-order valence-corrected chi connectivity index (χ1v) is 11.4. The Hall–Kier alpha value is -3.83. The first-order chi connectivity index (χ1) is 16.5. The summed E-state index contributed by atoms with van der Waals surface area (Å²) in [6.45, 7) is 3.45. The van der Waals surface area contributed by atoms with Gasteiger partial charge in [-0.05, 0) is 43.5 Å². The minimum atomic E-state index is -0.994. The van der Waals surface area contributed by atoms with Crippen LogP contribution >= 0.6 is 0 Å². The van der Waals surface area contributed by atoms with Gasteiger partial charge in [0.25, 0.3) is 0 Å². The number of likely N-dealkylation sites (tertiary alicyclic amines) is 1. The molecule has 0 bridgehead atoms. The third kappa shape index (κ3) is 3.68. The highest BCUT2D eigenvalue weighted by molar-refractivity contribution is 5.85. The van der Waals surface area contributed by atoms with E-state index < -0.39 is 6.23 Å². The molecular weight excluding hydrogens is 430 g/mol. The van der Waals surface area contributed by atoms with E-state index in [1.54, 1.807) is 19.1 Å². The predicted molar refractivity (Wildman–Crippen MR) is 128 cm³/mol. The Balaban J connectivity index is 1.40. The summed E-state index contributed by atoms with van der Waals surface area (Å²) >= 11 is 0.